The number of alkyl halides is 2. The van der Waals surface area contributed by atoms with Crippen molar-refractivity contribution in [2.45, 2.75) is 19.5 Å². The van der Waals surface area contributed by atoms with E-state index in [2.05, 4.69) is 0 Å². The van der Waals surface area contributed by atoms with Crippen molar-refractivity contribution in [1.29, 1.82) is 5.26 Å². The highest BCUT2D eigenvalue weighted by Crippen LogP contribution is 2.14. The minimum Gasteiger partial charge on any atom is -0.481 e. The first kappa shape index (κ1) is 16.9. The van der Waals surface area contributed by atoms with E-state index >= 15 is 0 Å². The van der Waals surface area contributed by atoms with Crippen LogP contribution in [0.15, 0.2) is 24.3 Å². The number of rotatable bonds is 7. The maximum atomic E-state index is 12.4. The summed E-state index contributed by atoms with van der Waals surface area (Å²) in [7, 11) is 0. The second-order valence-electron chi connectivity index (χ2n) is 4.30. The molecule has 1 atom stereocenters. The molecule has 0 spiro atoms. The fourth-order valence-electron chi connectivity index (χ4n) is 1.70. The van der Waals surface area contributed by atoms with Crippen LogP contribution in [0.5, 0.6) is 5.75 Å². The summed E-state index contributed by atoms with van der Waals surface area (Å²) in [6.45, 7) is 0.114. The molecule has 1 amide bonds. The van der Waals surface area contributed by atoms with Gasteiger partial charge in [0.05, 0.1) is 24.8 Å². The number of aliphatic hydroxyl groups excluding tert-OH is 1. The maximum Gasteiger partial charge on any atom is 0.263 e. The number of benzene rings is 1. The number of halogens is 2. The fraction of sp³-hybridized carbons (Fsp3) is 0.429. The number of aliphatic hydroxyl groups is 1. The predicted octanol–water partition coefficient (Wildman–Crippen LogP) is 1.41. The third kappa shape index (κ3) is 5.36. The molecule has 1 aromatic carbocycles. The number of hydrogen-bond donors (Lipinski definition) is 1. The van der Waals surface area contributed by atoms with Crippen molar-refractivity contribution < 1.29 is 23.4 Å². The highest BCUT2D eigenvalue weighted by Gasteiger charge is 2.24. The van der Waals surface area contributed by atoms with Crippen LogP contribution < -0.4 is 4.74 Å². The third-order valence-corrected chi connectivity index (χ3v) is 2.68. The summed E-state index contributed by atoms with van der Waals surface area (Å²) in [5.74, 6) is -0.274. The molecule has 0 aliphatic rings. The van der Waals surface area contributed by atoms with Crippen molar-refractivity contribution >= 4 is 5.91 Å². The Morgan fingerprint density at radius 1 is 1.43 bits per heavy atom. The zero-order valence-corrected chi connectivity index (χ0v) is 11.5. The summed E-state index contributed by atoms with van der Waals surface area (Å²) < 4.78 is 30.1. The number of ether oxygens (including phenoxy) is 1. The van der Waals surface area contributed by atoms with Gasteiger partial charge in [0.15, 0.2) is 6.10 Å². The van der Waals surface area contributed by atoms with Crippen LogP contribution in [-0.2, 0) is 4.79 Å². The lowest BCUT2D eigenvalue weighted by molar-refractivity contribution is -0.140. The lowest BCUT2D eigenvalue weighted by Crippen LogP contribution is -2.44. The summed E-state index contributed by atoms with van der Waals surface area (Å²) >= 11 is 0. The van der Waals surface area contributed by atoms with Crippen molar-refractivity contribution in [1.82, 2.24) is 4.90 Å². The molecule has 1 unspecified atom stereocenters. The summed E-state index contributed by atoms with van der Waals surface area (Å²) in [5.41, 5.74) is 0.445. The van der Waals surface area contributed by atoms with Gasteiger partial charge in [-0.25, -0.2) is 8.78 Å². The Hall–Kier alpha value is -2.20. The molecule has 0 fully saturated rings. The van der Waals surface area contributed by atoms with Gasteiger partial charge in [0.2, 0.25) is 0 Å². The number of nitriles is 1. The summed E-state index contributed by atoms with van der Waals surface area (Å²) in [4.78, 5) is 12.9. The molecule has 21 heavy (non-hydrogen) atoms. The maximum absolute atomic E-state index is 12.4. The summed E-state index contributed by atoms with van der Waals surface area (Å²) in [5, 5.41) is 17.5. The first-order valence-corrected chi connectivity index (χ1v) is 6.32. The van der Waals surface area contributed by atoms with Crippen LogP contribution in [0.2, 0.25) is 0 Å². The van der Waals surface area contributed by atoms with Crippen LogP contribution in [0.25, 0.3) is 0 Å². The summed E-state index contributed by atoms with van der Waals surface area (Å²) in [6, 6.07) is 8.03. The normalized spacial score (nSPS) is 11.8. The molecule has 114 valence electrons. The smallest absolute Gasteiger partial charge is 0.263 e. The van der Waals surface area contributed by atoms with Gasteiger partial charge in [-0.1, -0.05) is 0 Å². The van der Waals surface area contributed by atoms with Crippen molar-refractivity contribution in [2.24, 2.45) is 0 Å². The van der Waals surface area contributed by atoms with Gasteiger partial charge in [-0.15, -0.1) is 0 Å². The van der Waals surface area contributed by atoms with Gasteiger partial charge < -0.3 is 14.7 Å². The van der Waals surface area contributed by atoms with Crippen LogP contribution in [0.3, 0.4) is 0 Å². The monoisotopic (exact) mass is 298 g/mol. The molecule has 0 aromatic heterocycles. The molecular weight excluding hydrogens is 282 g/mol. The Balaban J connectivity index is 2.68. The van der Waals surface area contributed by atoms with Gasteiger partial charge in [-0.2, -0.15) is 5.26 Å². The van der Waals surface area contributed by atoms with E-state index in [0.717, 1.165) is 4.90 Å². The molecular formula is C14H16F2N2O3. The number of carbonyl (C=O) groups excluding carboxylic acids is 1. The van der Waals surface area contributed by atoms with E-state index < -0.39 is 31.6 Å². The first-order valence-electron chi connectivity index (χ1n) is 6.32. The van der Waals surface area contributed by atoms with Crippen LogP contribution in [0, 0.1) is 11.3 Å². The number of hydrogen-bond acceptors (Lipinski definition) is 4. The third-order valence-electron chi connectivity index (χ3n) is 2.68. The van der Waals surface area contributed by atoms with E-state index in [0.29, 0.717) is 11.3 Å². The zero-order chi connectivity index (χ0) is 15.8. The molecule has 1 N–H and O–H groups in total. The number of carbonyl (C=O) groups is 1. The minimum atomic E-state index is -2.68. The highest BCUT2D eigenvalue weighted by atomic mass is 19.3. The molecule has 0 radical (unpaired) electrons. The van der Waals surface area contributed by atoms with Gasteiger partial charge in [0.25, 0.3) is 12.3 Å². The van der Waals surface area contributed by atoms with Gasteiger partial charge in [0.1, 0.15) is 5.75 Å². The average Bonchev–Trinajstić information content (AvgIpc) is 2.46. The van der Waals surface area contributed by atoms with E-state index in [-0.39, 0.29) is 6.54 Å². The molecule has 7 heteroatoms. The molecule has 1 rings (SSSR count). The van der Waals surface area contributed by atoms with Crippen molar-refractivity contribution in [3.05, 3.63) is 29.8 Å². The quantitative estimate of drug-likeness (QED) is 0.826. The topological polar surface area (TPSA) is 73.6 Å². The van der Waals surface area contributed by atoms with E-state index in [1.165, 1.54) is 31.2 Å². The van der Waals surface area contributed by atoms with Crippen LogP contribution in [0.1, 0.15) is 12.5 Å². The predicted molar refractivity (Wildman–Crippen MR) is 70.9 cm³/mol. The fourth-order valence-corrected chi connectivity index (χ4v) is 1.70. The zero-order valence-electron chi connectivity index (χ0n) is 11.5. The van der Waals surface area contributed by atoms with Gasteiger partial charge in [0, 0.05) is 6.54 Å². The van der Waals surface area contributed by atoms with Crippen LogP contribution in [-0.4, -0.2) is 48.1 Å². The molecule has 0 bridgehead atoms. The van der Waals surface area contributed by atoms with Crippen LogP contribution in [0.4, 0.5) is 8.78 Å². The van der Waals surface area contributed by atoms with Crippen LogP contribution >= 0.6 is 0 Å². The Bertz CT molecular complexity index is 500. The van der Waals surface area contributed by atoms with E-state index in [9.17, 15) is 13.6 Å². The minimum absolute atomic E-state index is 0.176. The lowest BCUT2D eigenvalue weighted by atomic mass is 10.2. The van der Waals surface area contributed by atoms with Gasteiger partial charge in [-0.3, -0.25) is 4.79 Å². The van der Waals surface area contributed by atoms with Crippen molar-refractivity contribution in [3.8, 4) is 11.8 Å². The lowest BCUT2D eigenvalue weighted by Gasteiger charge is -2.25. The van der Waals surface area contributed by atoms with Crippen molar-refractivity contribution in [2.75, 3.05) is 19.7 Å². The average molecular weight is 298 g/mol. The molecule has 0 heterocycles. The highest BCUT2D eigenvalue weighted by molar-refractivity contribution is 5.81. The molecule has 0 saturated heterocycles. The molecule has 5 nitrogen and oxygen atoms in total. The van der Waals surface area contributed by atoms with E-state index in [1.807, 2.05) is 6.07 Å². The Kier molecular flexibility index (Phi) is 6.56. The second-order valence-corrected chi connectivity index (χ2v) is 4.30. The molecule has 0 saturated carbocycles. The largest absolute Gasteiger partial charge is 0.481 e. The van der Waals surface area contributed by atoms with E-state index in [4.69, 9.17) is 15.1 Å². The molecule has 1 aromatic rings. The first-order chi connectivity index (χ1) is 9.97. The van der Waals surface area contributed by atoms with Gasteiger partial charge in [-0.05, 0) is 31.2 Å². The SMILES string of the molecule is CC(Oc1ccc(C#N)cc1)C(=O)N(CCO)CC(F)F. The Labute approximate surface area is 121 Å². The number of amides is 1. The standard InChI is InChI=1S/C14H16F2N2O3/c1-10(14(20)18(6-7-19)9-13(15)16)21-12-4-2-11(8-17)3-5-12/h2-5,10,13,19H,6-7,9H2,1H3. The second kappa shape index (κ2) is 8.17. The molecule has 0 aliphatic heterocycles. The number of nitrogens with zero attached hydrogens (tertiary/aromatic N) is 2. The summed E-state index contributed by atoms with van der Waals surface area (Å²) in [6.07, 6.45) is -3.65. The molecule has 0 aliphatic carbocycles. The Morgan fingerprint density at radius 2 is 2.05 bits per heavy atom. The van der Waals surface area contributed by atoms with E-state index in [1.54, 1.807) is 0 Å². The van der Waals surface area contributed by atoms with Gasteiger partial charge >= 0.3 is 0 Å². The Morgan fingerprint density at radius 3 is 2.52 bits per heavy atom. The van der Waals surface area contributed by atoms with Crippen molar-refractivity contribution in [3.63, 3.8) is 0 Å².